The van der Waals surface area contributed by atoms with Crippen LogP contribution in [0.25, 0.3) is 0 Å². The van der Waals surface area contributed by atoms with Gasteiger partial charge in [-0.2, -0.15) is 0 Å². The van der Waals surface area contributed by atoms with Crippen molar-refractivity contribution in [3.63, 3.8) is 0 Å². The Labute approximate surface area is 99.0 Å². The largest absolute Gasteiger partial charge is 0.375 e. The molecule has 0 saturated heterocycles. The molecule has 2 nitrogen and oxygen atoms in total. The van der Waals surface area contributed by atoms with E-state index in [1.54, 1.807) is 0 Å². The molecule has 1 N–H and O–H groups in total. The second-order valence-corrected chi connectivity index (χ2v) is 5.06. The van der Waals surface area contributed by atoms with Gasteiger partial charge in [0.2, 0.25) is 0 Å². The lowest BCUT2D eigenvalue weighted by Gasteiger charge is -2.19. The minimum Gasteiger partial charge on any atom is -0.375 e. The quantitative estimate of drug-likeness (QED) is 0.772. The molecule has 90 valence electrons. The third-order valence-corrected chi connectivity index (χ3v) is 2.39. The Morgan fingerprint density at radius 2 is 1.88 bits per heavy atom. The van der Waals surface area contributed by atoms with Gasteiger partial charge in [-0.25, -0.2) is 0 Å². The summed E-state index contributed by atoms with van der Waals surface area (Å²) in [5, 5.41) is 3.39. The van der Waals surface area contributed by atoms with E-state index in [4.69, 9.17) is 4.74 Å². The van der Waals surface area contributed by atoms with Crippen LogP contribution in [0.2, 0.25) is 0 Å². The van der Waals surface area contributed by atoms with Crippen LogP contribution in [0.15, 0.2) is 24.3 Å². The Hall–Kier alpha value is -0.860. The van der Waals surface area contributed by atoms with Crippen molar-refractivity contribution >= 4 is 0 Å². The lowest BCUT2D eigenvalue weighted by Crippen LogP contribution is -2.26. The van der Waals surface area contributed by atoms with Crippen molar-refractivity contribution in [3.8, 4) is 0 Å². The van der Waals surface area contributed by atoms with Crippen LogP contribution in [0.1, 0.15) is 31.9 Å². The van der Waals surface area contributed by atoms with Crippen molar-refractivity contribution in [1.82, 2.24) is 5.32 Å². The number of nitrogens with one attached hydrogen (secondary N) is 1. The summed E-state index contributed by atoms with van der Waals surface area (Å²) in [7, 11) is 0. The average Bonchev–Trinajstić information content (AvgIpc) is 2.18. The molecule has 0 aliphatic carbocycles. The Kier molecular flexibility index (Phi) is 4.97. The second-order valence-electron chi connectivity index (χ2n) is 5.06. The maximum absolute atomic E-state index is 5.64. The first-order chi connectivity index (χ1) is 7.49. The summed E-state index contributed by atoms with van der Waals surface area (Å²) < 4.78 is 5.64. The molecule has 1 rings (SSSR count). The van der Waals surface area contributed by atoms with E-state index in [9.17, 15) is 0 Å². The molecule has 2 heteroatoms. The molecule has 0 saturated carbocycles. The van der Waals surface area contributed by atoms with Crippen LogP contribution in [0, 0.1) is 6.92 Å². The smallest absolute Gasteiger partial charge is 0.0599 e. The highest BCUT2D eigenvalue weighted by Crippen LogP contribution is 2.07. The Morgan fingerprint density at radius 1 is 1.19 bits per heavy atom. The summed E-state index contributed by atoms with van der Waals surface area (Å²) in [4.78, 5) is 0. The van der Waals surface area contributed by atoms with E-state index in [-0.39, 0.29) is 5.60 Å². The maximum atomic E-state index is 5.64. The summed E-state index contributed by atoms with van der Waals surface area (Å²) in [6, 6.07) is 8.45. The molecule has 0 atom stereocenters. The SMILES string of the molecule is Cc1ccccc1CNCCOC(C)(C)C. The lowest BCUT2D eigenvalue weighted by atomic mass is 10.1. The third-order valence-electron chi connectivity index (χ3n) is 2.39. The molecule has 0 fully saturated rings. The fraction of sp³-hybridized carbons (Fsp3) is 0.571. The van der Waals surface area contributed by atoms with E-state index in [1.807, 2.05) is 0 Å². The first-order valence-electron chi connectivity index (χ1n) is 5.88. The maximum Gasteiger partial charge on any atom is 0.0599 e. The number of ether oxygens (including phenoxy) is 1. The van der Waals surface area contributed by atoms with Crippen molar-refractivity contribution in [3.05, 3.63) is 35.4 Å². The van der Waals surface area contributed by atoms with E-state index < -0.39 is 0 Å². The Balaban J connectivity index is 2.19. The topological polar surface area (TPSA) is 21.3 Å². The molecule has 0 amide bonds. The standard InChI is InChI=1S/C14H23NO/c1-12-7-5-6-8-13(12)11-15-9-10-16-14(2,3)4/h5-8,15H,9-11H2,1-4H3. The van der Waals surface area contributed by atoms with Crippen molar-refractivity contribution in [2.75, 3.05) is 13.2 Å². The van der Waals surface area contributed by atoms with Crippen LogP contribution in [0.5, 0.6) is 0 Å². The van der Waals surface area contributed by atoms with Gasteiger partial charge in [0.1, 0.15) is 0 Å². The summed E-state index contributed by atoms with van der Waals surface area (Å²) >= 11 is 0. The number of rotatable bonds is 5. The predicted molar refractivity (Wildman–Crippen MR) is 68.6 cm³/mol. The summed E-state index contributed by atoms with van der Waals surface area (Å²) in [6.45, 7) is 10.9. The third kappa shape index (κ3) is 5.29. The van der Waals surface area contributed by atoms with Gasteiger partial charge in [0, 0.05) is 13.1 Å². The monoisotopic (exact) mass is 221 g/mol. The fourth-order valence-electron chi connectivity index (χ4n) is 1.46. The highest BCUT2D eigenvalue weighted by Gasteiger charge is 2.08. The van der Waals surface area contributed by atoms with Gasteiger partial charge < -0.3 is 10.1 Å². The number of hydrogen-bond donors (Lipinski definition) is 1. The summed E-state index contributed by atoms with van der Waals surface area (Å²) in [5.74, 6) is 0. The predicted octanol–water partition coefficient (Wildman–Crippen LogP) is 2.90. The minimum absolute atomic E-state index is 0.0374. The zero-order valence-electron chi connectivity index (χ0n) is 10.8. The van der Waals surface area contributed by atoms with Crippen LogP contribution >= 0.6 is 0 Å². The number of benzene rings is 1. The van der Waals surface area contributed by atoms with Crippen molar-refractivity contribution in [2.45, 2.75) is 39.8 Å². The normalized spacial score (nSPS) is 11.8. The van der Waals surface area contributed by atoms with Gasteiger partial charge in [-0.1, -0.05) is 24.3 Å². The molecule has 0 radical (unpaired) electrons. The van der Waals surface area contributed by atoms with Crippen LogP contribution in [0.4, 0.5) is 0 Å². The Bertz CT molecular complexity index is 315. The second kappa shape index (κ2) is 6.02. The van der Waals surface area contributed by atoms with E-state index in [0.29, 0.717) is 0 Å². The van der Waals surface area contributed by atoms with Gasteiger partial charge in [0.05, 0.1) is 12.2 Å². The summed E-state index contributed by atoms with van der Waals surface area (Å²) in [6.07, 6.45) is 0. The van der Waals surface area contributed by atoms with E-state index in [0.717, 1.165) is 19.7 Å². The van der Waals surface area contributed by atoms with Gasteiger partial charge >= 0.3 is 0 Å². The molecule has 1 aromatic carbocycles. The van der Waals surface area contributed by atoms with Crippen LogP contribution in [-0.4, -0.2) is 18.8 Å². The summed E-state index contributed by atoms with van der Waals surface area (Å²) in [5.41, 5.74) is 2.66. The van der Waals surface area contributed by atoms with Crippen molar-refractivity contribution in [1.29, 1.82) is 0 Å². The van der Waals surface area contributed by atoms with Crippen LogP contribution < -0.4 is 5.32 Å². The van der Waals surface area contributed by atoms with Crippen LogP contribution in [0.3, 0.4) is 0 Å². The molecule has 16 heavy (non-hydrogen) atoms. The molecular formula is C14H23NO. The first kappa shape index (κ1) is 13.2. The van der Waals surface area contributed by atoms with Gasteiger partial charge in [-0.3, -0.25) is 0 Å². The molecule has 1 aromatic rings. The highest BCUT2D eigenvalue weighted by atomic mass is 16.5. The van der Waals surface area contributed by atoms with Crippen molar-refractivity contribution < 1.29 is 4.74 Å². The highest BCUT2D eigenvalue weighted by molar-refractivity contribution is 5.25. The zero-order valence-corrected chi connectivity index (χ0v) is 10.8. The minimum atomic E-state index is -0.0374. The molecule has 0 aliphatic rings. The van der Waals surface area contributed by atoms with E-state index in [2.05, 4.69) is 57.3 Å². The molecule has 0 heterocycles. The molecule has 0 aromatic heterocycles. The molecule has 0 aliphatic heterocycles. The van der Waals surface area contributed by atoms with Gasteiger partial charge in [-0.15, -0.1) is 0 Å². The van der Waals surface area contributed by atoms with Gasteiger partial charge in [0.25, 0.3) is 0 Å². The molecule has 0 bridgehead atoms. The van der Waals surface area contributed by atoms with Crippen molar-refractivity contribution in [2.24, 2.45) is 0 Å². The van der Waals surface area contributed by atoms with E-state index in [1.165, 1.54) is 11.1 Å². The van der Waals surface area contributed by atoms with Crippen LogP contribution in [-0.2, 0) is 11.3 Å². The first-order valence-corrected chi connectivity index (χ1v) is 5.88. The lowest BCUT2D eigenvalue weighted by molar-refractivity contribution is -0.000889. The van der Waals surface area contributed by atoms with Gasteiger partial charge in [0.15, 0.2) is 0 Å². The fourth-order valence-corrected chi connectivity index (χ4v) is 1.46. The number of aryl methyl sites for hydroxylation is 1. The zero-order chi connectivity index (χ0) is 12.0. The molecule has 0 spiro atoms. The van der Waals surface area contributed by atoms with E-state index >= 15 is 0 Å². The number of hydrogen-bond acceptors (Lipinski definition) is 2. The van der Waals surface area contributed by atoms with Gasteiger partial charge in [-0.05, 0) is 38.8 Å². The molecule has 0 unspecified atom stereocenters. The molecular weight excluding hydrogens is 198 g/mol. The average molecular weight is 221 g/mol. The Morgan fingerprint density at radius 3 is 2.50 bits per heavy atom.